The summed E-state index contributed by atoms with van der Waals surface area (Å²) >= 11 is 5.87. The number of hydrogen-bond donors (Lipinski definition) is 2. The molecule has 1 aliphatic rings. The molecule has 1 fully saturated rings. The minimum Gasteiger partial charge on any atom is -0.364 e. The summed E-state index contributed by atoms with van der Waals surface area (Å²) in [6.07, 6.45) is -4.40. The van der Waals surface area contributed by atoms with E-state index in [2.05, 4.69) is 5.32 Å². The highest BCUT2D eigenvalue weighted by molar-refractivity contribution is 6.33. The highest BCUT2D eigenvalue weighted by Gasteiger charge is 2.31. The summed E-state index contributed by atoms with van der Waals surface area (Å²) in [5.41, 5.74) is -0.876. The lowest BCUT2D eigenvalue weighted by Crippen LogP contribution is -3.16. The van der Waals surface area contributed by atoms with Crippen LogP contribution in [0.2, 0.25) is 5.02 Å². The number of benzene rings is 1. The third kappa shape index (κ3) is 5.09. The Morgan fingerprint density at radius 3 is 2.52 bits per heavy atom. The van der Waals surface area contributed by atoms with Crippen molar-refractivity contribution in [3.05, 3.63) is 28.8 Å². The molecule has 8 heteroatoms. The fourth-order valence-electron chi connectivity index (χ4n) is 2.75. The predicted molar refractivity (Wildman–Crippen MR) is 80.7 cm³/mol. The quantitative estimate of drug-likeness (QED) is 0.874. The van der Waals surface area contributed by atoms with Crippen molar-refractivity contribution in [1.29, 1.82) is 0 Å². The van der Waals surface area contributed by atoms with Gasteiger partial charge in [-0.1, -0.05) is 11.6 Å². The average molecular weight is 352 g/mol. The van der Waals surface area contributed by atoms with Gasteiger partial charge in [0.25, 0.3) is 5.91 Å². The van der Waals surface area contributed by atoms with E-state index in [0.717, 1.165) is 23.1 Å². The minimum atomic E-state index is -4.48. The summed E-state index contributed by atoms with van der Waals surface area (Å²) in [5.74, 6) is -0.373. The number of morpholine rings is 1. The largest absolute Gasteiger partial charge is 0.416 e. The predicted octanol–water partition coefficient (Wildman–Crippen LogP) is 1.99. The van der Waals surface area contributed by atoms with Crippen molar-refractivity contribution >= 4 is 23.2 Å². The van der Waals surface area contributed by atoms with Gasteiger partial charge in [-0.15, -0.1) is 0 Å². The lowest BCUT2D eigenvalue weighted by molar-refractivity contribution is -0.907. The van der Waals surface area contributed by atoms with Crippen molar-refractivity contribution in [2.24, 2.45) is 0 Å². The number of alkyl halides is 3. The SMILES string of the molecule is C[C@@H]1C[NH+](CC(=O)Nc2cc(C(F)(F)F)ccc2Cl)C[C@@H](C)O1. The highest BCUT2D eigenvalue weighted by atomic mass is 35.5. The monoisotopic (exact) mass is 351 g/mol. The van der Waals surface area contributed by atoms with E-state index in [4.69, 9.17) is 16.3 Å². The molecule has 23 heavy (non-hydrogen) atoms. The van der Waals surface area contributed by atoms with Crippen molar-refractivity contribution in [2.75, 3.05) is 25.0 Å². The summed E-state index contributed by atoms with van der Waals surface area (Å²) in [6.45, 7) is 5.36. The normalized spacial score (nSPS) is 25.2. The van der Waals surface area contributed by atoms with E-state index in [1.54, 1.807) is 0 Å². The molecule has 1 aliphatic heterocycles. The Morgan fingerprint density at radius 1 is 1.35 bits per heavy atom. The first-order valence-corrected chi connectivity index (χ1v) is 7.68. The number of hydrogen-bond acceptors (Lipinski definition) is 2. The zero-order chi connectivity index (χ0) is 17.2. The van der Waals surface area contributed by atoms with Gasteiger partial charge in [0.1, 0.15) is 25.3 Å². The van der Waals surface area contributed by atoms with Gasteiger partial charge in [0.15, 0.2) is 6.54 Å². The van der Waals surface area contributed by atoms with Crippen LogP contribution in [0.3, 0.4) is 0 Å². The molecule has 1 aromatic carbocycles. The van der Waals surface area contributed by atoms with Crippen molar-refractivity contribution < 1.29 is 27.6 Å². The molecular weight excluding hydrogens is 333 g/mol. The van der Waals surface area contributed by atoms with Gasteiger partial charge in [0.2, 0.25) is 0 Å². The van der Waals surface area contributed by atoms with E-state index < -0.39 is 11.7 Å². The summed E-state index contributed by atoms with van der Waals surface area (Å²) in [7, 11) is 0. The van der Waals surface area contributed by atoms with Crippen LogP contribution in [-0.4, -0.2) is 37.7 Å². The number of rotatable bonds is 3. The molecule has 128 valence electrons. The Morgan fingerprint density at radius 2 is 1.96 bits per heavy atom. The first kappa shape index (κ1) is 18.0. The van der Waals surface area contributed by atoms with E-state index in [1.165, 1.54) is 0 Å². The van der Waals surface area contributed by atoms with Gasteiger partial charge >= 0.3 is 6.18 Å². The van der Waals surface area contributed by atoms with Crippen LogP contribution in [0.15, 0.2) is 18.2 Å². The van der Waals surface area contributed by atoms with Gasteiger partial charge in [-0.25, -0.2) is 0 Å². The molecule has 0 spiro atoms. The maximum atomic E-state index is 12.7. The standard InChI is InChI=1S/C15H18ClF3N2O2/c1-9-6-21(7-10(2)23-9)8-14(22)20-13-5-11(15(17,18)19)3-4-12(13)16/h3-5,9-10H,6-8H2,1-2H3,(H,20,22)/p+1/t9-,10-/m1/s1. The van der Waals surface area contributed by atoms with Crippen molar-refractivity contribution in [3.8, 4) is 0 Å². The maximum absolute atomic E-state index is 12.7. The van der Waals surface area contributed by atoms with Crippen molar-refractivity contribution in [3.63, 3.8) is 0 Å². The van der Waals surface area contributed by atoms with Crippen LogP contribution < -0.4 is 10.2 Å². The molecule has 0 unspecified atom stereocenters. The van der Waals surface area contributed by atoms with Crippen LogP contribution >= 0.6 is 11.6 Å². The molecule has 0 radical (unpaired) electrons. The first-order chi connectivity index (χ1) is 10.6. The van der Waals surface area contributed by atoms with E-state index in [9.17, 15) is 18.0 Å². The molecule has 0 saturated carbocycles. The molecule has 1 amide bonds. The summed E-state index contributed by atoms with van der Waals surface area (Å²) in [5, 5.41) is 2.54. The number of anilines is 1. The van der Waals surface area contributed by atoms with Crippen LogP contribution in [0.1, 0.15) is 19.4 Å². The third-order valence-electron chi connectivity index (χ3n) is 3.60. The van der Waals surface area contributed by atoms with Crippen LogP contribution in [0.5, 0.6) is 0 Å². The molecule has 2 rings (SSSR count). The lowest BCUT2D eigenvalue weighted by Gasteiger charge is -2.31. The second kappa shape index (κ2) is 7.07. The molecule has 4 nitrogen and oxygen atoms in total. The number of ether oxygens (including phenoxy) is 1. The zero-order valence-corrected chi connectivity index (χ0v) is 13.6. The molecule has 1 saturated heterocycles. The minimum absolute atomic E-state index is 0.0275. The second-order valence-corrected chi connectivity index (χ2v) is 6.24. The van der Waals surface area contributed by atoms with Gasteiger partial charge in [-0.05, 0) is 32.0 Å². The average Bonchev–Trinajstić information content (AvgIpc) is 2.38. The summed E-state index contributed by atoms with van der Waals surface area (Å²) < 4.78 is 43.8. The number of quaternary nitrogens is 1. The fraction of sp³-hybridized carbons (Fsp3) is 0.533. The van der Waals surface area contributed by atoms with E-state index in [1.807, 2.05) is 13.8 Å². The van der Waals surface area contributed by atoms with E-state index in [0.29, 0.717) is 13.1 Å². The van der Waals surface area contributed by atoms with Gasteiger partial charge in [-0.3, -0.25) is 4.79 Å². The Kier molecular flexibility index (Phi) is 5.54. The number of nitrogens with one attached hydrogen (secondary N) is 2. The molecule has 1 heterocycles. The Labute approximate surface area is 137 Å². The first-order valence-electron chi connectivity index (χ1n) is 7.30. The smallest absolute Gasteiger partial charge is 0.364 e. The van der Waals surface area contributed by atoms with Crippen LogP contribution in [0.4, 0.5) is 18.9 Å². The second-order valence-electron chi connectivity index (χ2n) is 5.83. The van der Waals surface area contributed by atoms with Crippen molar-refractivity contribution in [2.45, 2.75) is 32.2 Å². The molecular formula is C15H19ClF3N2O2+. The van der Waals surface area contributed by atoms with Crippen LogP contribution in [0, 0.1) is 0 Å². The number of halogens is 4. The van der Waals surface area contributed by atoms with Gasteiger partial charge in [0, 0.05) is 0 Å². The third-order valence-corrected chi connectivity index (χ3v) is 3.92. The zero-order valence-electron chi connectivity index (χ0n) is 12.8. The fourth-order valence-corrected chi connectivity index (χ4v) is 2.92. The maximum Gasteiger partial charge on any atom is 0.416 e. The lowest BCUT2D eigenvalue weighted by atomic mass is 10.2. The van der Waals surface area contributed by atoms with Gasteiger partial charge < -0.3 is 15.0 Å². The highest BCUT2D eigenvalue weighted by Crippen LogP contribution is 2.33. The summed E-state index contributed by atoms with van der Waals surface area (Å²) in [6, 6.07) is 2.86. The van der Waals surface area contributed by atoms with Gasteiger partial charge in [0.05, 0.1) is 16.3 Å². The topological polar surface area (TPSA) is 42.8 Å². The summed E-state index contributed by atoms with van der Waals surface area (Å²) in [4.78, 5) is 13.1. The molecule has 0 aliphatic carbocycles. The molecule has 1 aromatic rings. The Bertz CT molecular complexity index is 570. The Balaban J connectivity index is 2.02. The van der Waals surface area contributed by atoms with E-state index >= 15 is 0 Å². The van der Waals surface area contributed by atoms with Crippen LogP contribution in [-0.2, 0) is 15.7 Å². The van der Waals surface area contributed by atoms with Crippen LogP contribution in [0.25, 0.3) is 0 Å². The van der Waals surface area contributed by atoms with Crippen molar-refractivity contribution in [1.82, 2.24) is 0 Å². The molecule has 0 aromatic heterocycles. The van der Waals surface area contributed by atoms with E-state index in [-0.39, 0.29) is 35.4 Å². The molecule has 0 bridgehead atoms. The number of carbonyl (C=O) groups is 1. The molecule has 2 N–H and O–H groups in total. The number of amides is 1. The number of carbonyl (C=O) groups excluding carboxylic acids is 1. The molecule has 2 atom stereocenters. The van der Waals surface area contributed by atoms with Gasteiger partial charge in [-0.2, -0.15) is 13.2 Å². The Hall–Kier alpha value is -1.31.